The Morgan fingerprint density at radius 3 is 2.42 bits per heavy atom. The van der Waals surface area contributed by atoms with Crippen molar-refractivity contribution in [1.82, 2.24) is 0 Å². The van der Waals surface area contributed by atoms with Crippen LogP contribution >= 0.6 is 0 Å². The van der Waals surface area contributed by atoms with Gasteiger partial charge in [-0.25, -0.2) is 4.79 Å². The van der Waals surface area contributed by atoms with E-state index in [1.54, 1.807) is 18.2 Å². The molecule has 8 nitrogen and oxygen atoms in total. The maximum atomic E-state index is 12.0. The van der Waals surface area contributed by atoms with Crippen molar-refractivity contribution in [2.45, 2.75) is 12.8 Å². The van der Waals surface area contributed by atoms with Crippen molar-refractivity contribution in [2.24, 2.45) is 0 Å². The van der Waals surface area contributed by atoms with Gasteiger partial charge < -0.3 is 30.1 Å². The largest absolute Gasteiger partial charge is 0.506 e. The lowest BCUT2D eigenvalue weighted by molar-refractivity contribution is -0.116. The first-order chi connectivity index (χ1) is 12.4. The van der Waals surface area contributed by atoms with E-state index in [9.17, 15) is 19.8 Å². The minimum Gasteiger partial charge on any atom is -0.506 e. The predicted molar refractivity (Wildman–Crippen MR) is 93.1 cm³/mol. The average Bonchev–Trinajstić information content (AvgIpc) is 2.62. The van der Waals surface area contributed by atoms with Gasteiger partial charge in [-0.2, -0.15) is 0 Å². The lowest BCUT2D eigenvalue weighted by atomic mass is 10.1. The second-order valence-corrected chi connectivity index (χ2v) is 5.31. The number of carbonyl (C=O) groups is 2. The molecule has 2 rings (SSSR count). The van der Waals surface area contributed by atoms with E-state index in [0.717, 1.165) is 12.1 Å². The molecular weight excluding hydrogens is 342 g/mol. The third-order valence-electron chi connectivity index (χ3n) is 3.53. The van der Waals surface area contributed by atoms with Gasteiger partial charge in [0.2, 0.25) is 5.91 Å². The van der Waals surface area contributed by atoms with Crippen LogP contribution in [0, 0.1) is 0 Å². The number of para-hydroxylation sites is 2. The molecule has 4 N–H and O–H groups in total. The van der Waals surface area contributed by atoms with Gasteiger partial charge in [0, 0.05) is 6.42 Å². The van der Waals surface area contributed by atoms with Gasteiger partial charge in [0.05, 0.1) is 13.7 Å². The summed E-state index contributed by atoms with van der Waals surface area (Å²) in [6.07, 6.45) is 0.412. The first kappa shape index (κ1) is 18.9. The number of carbonyl (C=O) groups excluding carboxylic acids is 1. The van der Waals surface area contributed by atoms with Gasteiger partial charge in [-0.3, -0.25) is 4.79 Å². The van der Waals surface area contributed by atoms with Crippen molar-refractivity contribution >= 4 is 17.6 Å². The minimum absolute atomic E-state index is 0.0470. The summed E-state index contributed by atoms with van der Waals surface area (Å²) in [5.41, 5.74) is -0.752. The number of hydrogen-bond donors (Lipinski definition) is 4. The topological polar surface area (TPSA) is 125 Å². The van der Waals surface area contributed by atoms with Crippen LogP contribution < -0.4 is 14.8 Å². The summed E-state index contributed by atoms with van der Waals surface area (Å²) in [7, 11) is 1.53. The molecule has 0 aliphatic carbocycles. The zero-order valence-corrected chi connectivity index (χ0v) is 14.1. The van der Waals surface area contributed by atoms with E-state index in [1.165, 1.54) is 7.11 Å². The highest BCUT2D eigenvalue weighted by atomic mass is 16.5. The van der Waals surface area contributed by atoms with E-state index in [4.69, 9.17) is 14.6 Å². The summed E-state index contributed by atoms with van der Waals surface area (Å²) in [5, 5.41) is 30.9. The monoisotopic (exact) mass is 361 g/mol. The first-order valence-electron chi connectivity index (χ1n) is 7.78. The van der Waals surface area contributed by atoms with Gasteiger partial charge >= 0.3 is 5.97 Å². The number of amides is 1. The molecule has 0 aliphatic rings. The minimum atomic E-state index is -1.37. The van der Waals surface area contributed by atoms with Crippen LogP contribution in [0.4, 0.5) is 5.69 Å². The summed E-state index contributed by atoms with van der Waals surface area (Å²) in [5.74, 6) is -1.86. The molecule has 0 heterocycles. The number of nitrogens with one attached hydrogen (secondary N) is 1. The van der Waals surface area contributed by atoms with Crippen molar-refractivity contribution in [3.05, 3.63) is 42.0 Å². The second kappa shape index (κ2) is 8.61. The van der Waals surface area contributed by atoms with Gasteiger partial charge in [-0.1, -0.05) is 12.1 Å². The molecule has 2 aromatic carbocycles. The van der Waals surface area contributed by atoms with Gasteiger partial charge in [0.1, 0.15) is 17.0 Å². The Morgan fingerprint density at radius 2 is 1.77 bits per heavy atom. The molecule has 26 heavy (non-hydrogen) atoms. The SMILES string of the molecule is COc1ccccc1OCCCC(=O)Nc1c(O)ccc(C(=O)O)c1O. The van der Waals surface area contributed by atoms with Crippen LogP contribution in [0.5, 0.6) is 23.0 Å². The molecular formula is C18H19NO7. The van der Waals surface area contributed by atoms with Gasteiger partial charge in [-0.15, -0.1) is 0 Å². The van der Waals surface area contributed by atoms with Gasteiger partial charge in [0.15, 0.2) is 17.2 Å². The molecule has 1 amide bonds. The van der Waals surface area contributed by atoms with E-state index >= 15 is 0 Å². The number of anilines is 1. The summed E-state index contributed by atoms with van der Waals surface area (Å²) in [6.45, 7) is 0.251. The lowest BCUT2D eigenvalue weighted by Crippen LogP contribution is -2.14. The number of methoxy groups -OCH3 is 1. The smallest absolute Gasteiger partial charge is 0.339 e. The molecule has 0 saturated heterocycles. The van der Waals surface area contributed by atoms with Crippen molar-refractivity contribution in [2.75, 3.05) is 19.0 Å². The summed E-state index contributed by atoms with van der Waals surface area (Å²) in [6, 6.07) is 9.23. The van der Waals surface area contributed by atoms with E-state index in [1.807, 2.05) is 6.07 Å². The number of aromatic carboxylic acids is 1. The fourth-order valence-electron chi connectivity index (χ4n) is 2.23. The van der Waals surface area contributed by atoms with E-state index in [0.29, 0.717) is 17.9 Å². The number of benzene rings is 2. The Morgan fingerprint density at radius 1 is 1.08 bits per heavy atom. The van der Waals surface area contributed by atoms with Crippen LogP contribution in [0.1, 0.15) is 23.2 Å². The molecule has 0 atom stereocenters. The number of ether oxygens (including phenoxy) is 2. The molecule has 0 aliphatic heterocycles. The normalized spacial score (nSPS) is 10.2. The number of carboxylic acids is 1. The molecule has 0 saturated carbocycles. The third-order valence-corrected chi connectivity index (χ3v) is 3.53. The Kier molecular flexibility index (Phi) is 6.26. The fourth-order valence-corrected chi connectivity index (χ4v) is 2.23. The van der Waals surface area contributed by atoms with Crippen LogP contribution in [0.25, 0.3) is 0 Å². The molecule has 8 heteroatoms. The average molecular weight is 361 g/mol. The molecule has 0 bridgehead atoms. The van der Waals surface area contributed by atoms with Crippen molar-refractivity contribution < 1.29 is 34.4 Å². The van der Waals surface area contributed by atoms with Gasteiger partial charge in [0.25, 0.3) is 0 Å². The maximum absolute atomic E-state index is 12.0. The Hall–Kier alpha value is -3.42. The van der Waals surface area contributed by atoms with E-state index in [-0.39, 0.29) is 18.7 Å². The Balaban J connectivity index is 1.90. The highest BCUT2D eigenvalue weighted by Gasteiger charge is 2.18. The quantitative estimate of drug-likeness (QED) is 0.421. The third kappa shape index (κ3) is 4.56. The highest BCUT2D eigenvalue weighted by molar-refractivity contribution is 5.99. The molecule has 0 unspecified atom stereocenters. The van der Waals surface area contributed by atoms with Crippen molar-refractivity contribution in [3.63, 3.8) is 0 Å². The van der Waals surface area contributed by atoms with E-state index < -0.39 is 28.9 Å². The van der Waals surface area contributed by atoms with Crippen LogP contribution in [-0.4, -0.2) is 40.9 Å². The van der Waals surface area contributed by atoms with Crippen LogP contribution in [0.15, 0.2) is 36.4 Å². The maximum Gasteiger partial charge on any atom is 0.339 e. The second-order valence-electron chi connectivity index (χ2n) is 5.31. The molecule has 0 radical (unpaired) electrons. The number of hydrogen-bond acceptors (Lipinski definition) is 6. The molecule has 0 spiro atoms. The fraction of sp³-hybridized carbons (Fsp3) is 0.222. The van der Waals surface area contributed by atoms with Gasteiger partial charge in [-0.05, 0) is 30.7 Å². The van der Waals surface area contributed by atoms with Crippen LogP contribution in [-0.2, 0) is 4.79 Å². The number of rotatable bonds is 8. The van der Waals surface area contributed by atoms with Crippen LogP contribution in [0.2, 0.25) is 0 Å². The zero-order valence-electron chi connectivity index (χ0n) is 14.1. The summed E-state index contributed by atoms with van der Waals surface area (Å²) in [4.78, 5) is 23.0. The highest BCUT2D eigenvalue weighted by Crippen LogP contribution is 2.36. The Bertz CT molecular complexity index is 804. The molecule has 0 aromatic heterocycles. The Labute approximate surface area is 149 Å². The number of carboxylic acid groups (broad SMARTS) is 1. The zero-order chi connectivity index (χ0) is 19.1. The first-order valence-corrected chi connectivity index (χ1v) is 7.78. The molecule has 138 valence electrons. The molecule has 2 aromatic rings. The standard InChI is InChI=1S/C18H19NO7/c1-25-13-5-2-3-6-14(13)26-10-4-7-15(21)19-16-12(20)9-8-11(17(16)22)18(23)24/h2-3,5-6,8-9,20,22H,4,7,10H2,1H3,(H,19,21)(H,23,24). The lowest BCUT2D eigenvalue weighted by Gasteiger charge is -2.12. The summed E-state index contributed by atoms with van der Waals surface area (Å²) >= 11 is 0. The van der Waals surface area contributed by atoms with Crippen molar-refractivity contribution in [1.29, 1.82) is 0 Å². The molecule has 0 fully saturated rings. The van der Waals surface area contributed by atoms with Crippen molar-refractivity contribution in [3.8, 4) is 23.0 Å². The predicted octanol–water partition coefficient (Wildman–Crippen LogP) is 2.60. The van der Waals surface area contributed by atoms with E-state index in [2.05, 4.69) is 5.32 Å². The number of aromatic hydroxyl groups is 2. The number of phenols is 2. The van der Waals surface area contributed by atoms with Crippen LogP contribution in [0.3, 0.4) is 0 Å². The number of phenolic OH excluding ortho intramolecular Hbond substituents is 1. The summed E-state index contributed by atoms with van der Waals surface area (Å²) < 4.78 is 10.7.